The summed E-state index contributed by atoms with van der Waals surface area (Å²) in [6, 6.07) is 0.197. The van der Waals surface area contributed by atoms with Crippen LogP contribution in [0.2, 0.25) is 0 Å². The number of nitrogens with zero attached hydrogens (tertiary/aromatic N) is 2. The third-order valence-electron chi connectivity index (χ3n) is 1.59. The predicted octanol–water partition coefficient (Wildman–Crippen LogP) is -1.24. The monoisotopic (exact) mass is 207 g/mol. The van der Waals surface area contributed by atoms with Gasteiger partial charge in [0.15, 0.2) is 0 Å². The predicted molar refractivity (Wildman–Crippen MR) is 52.0 cm³/mol. The van der Waals surface area contributed by atoms with Crippen molar-refractivity contribution in [3.63, 3.8) is 0 Å². The Hall–Kier alpha value is -1.01. The molecule has 0 aromatic carbocycles. The van der Waals surface area contributed by atoms with Crippen LogP contribution in [0.5, 0.6) is 0 Å². The lowest BCUT2D eigenvalue weighted by molar-refractivity contribution is -0.134. The highest BCUT2D eigenvalue weighted by Gasteiger charge is 2.21. The average Bonchev–Trinajstić information content (AvgIpc) is 1.94. The Morgan fingerprint density at radius 2 is 2.31 bits per heavy atom. The van der Waals surface area contributed by atoms with Crippen LogP contribution in [0.4, 0.5) is 0 Å². The fourth-order valence-electron chi connectivity index (χ4n) is 1.00. The number of hydrogen-bond acceptors (Lipinski definition) is 3. The van der Waals surface area contributed by atoms with E-state index < -0.39 is 0 Å². The highest BCUT2D eigenvalue weighted by atomic mass is 35.5. The smallest absolute Gasteiger partial charge is 0.245 e. The van der Waals surface area contributed by atoms with Gasteiger partial charge in [-0.15, -0.1) is 17.5 Å². The topological polar surface area (TPSA) is 96.7 Å². The van der Waals surface area contributed by atoms with Crippen molar-refractivity contribution in [2.45, 2.75) is 19.4 Å². The minimum absolute atomic E-state index is 0. The standard InChI is InChI=1S/C6H13N5O.ClH/c1-4-2-5(12)11(3-9-4)10-6(7)8;/h4,9H,2-3H2,1H3,(H4,7,8,10);1H. The number of carbonyl (C=O) groups is 1. The summed E-state index contributed by atoms with van der Waals surface area (Å²) >= 11 is 0. The molecule has 0 aliphatic carbocycles. The van der Waals surface area contributed by atoms with Crippen LogP contribution in [-0.4, -0.2) is 29.6 Å². The maximum absolute atomic E-state index is 11.2. The Kier molecular flexibility index (Phi) is 4.50. The Morgan fingerprint density at radius 3 is 2.77 bits per heavy atom. The molecule has 0 aromatic heterocycles. The Bertz CT molecular complexity index is 215. The van der Waals surface area contributed by atoms with E-state index in [4.69, 9.17) is 11.5 Å². The number of hydrogen-bond donors (Lipinski definition) is 3. The lowest BCUT2D eigenvalue weighted by atomic mass is 10.2. The molecule has 1 amide bonds. The third kappa shape index (κ3) is 3.47. The van der Waals surface area contributed by atoms with Gasteiger partial charge in [0.25, 0.3) is 0 Å². The minimum atomic E-state index is -0.0975. The first-order valence-corrected chi connectivity index (χ1v) is 3.73. The maximum atomic E-state index is 11.2. The normalized spacial score (nSPS) is 22.1. The molecule has 1 aliphatic rings. The molecule has 5 N–H and O–H groups in total. The van der Waals surface area contributed by atoms with Gasteiger partial charge in [0.2, 0.25) is 11.9 Å². The van der Waals surface area contributed by atoms with Crippen LogP contribution in [-0.2, 0) is 4.79 Å². The Balaban J connectivity index is 0.00000144. The first-order valence-electron chi connectivity index (χ1n) is 3.73. The minimum Gasteiger partial charge on any atom is -0.369 e. The van der Waals surface area contributed by atoms with E-state index in [9.17, 15) is 4.79 Å². The molecule has 0 radical (unpaired) electrons. The van der Waals surface area contributed by atoms with Crippen LogP contribution in [0.3, 0.4) is 0 Å². The SMILES string of the molecule is CC1CC(=O)N(N=C(N)N)CN1.Cl. The van der Waals surface area contributed by atoms with E-state index in [1.165, 1.54) is 5.01 Å². The van der Waals surface area contributed by atoms with E-state index in [-0.39, 0.29) is 30.3 Å². The number of hydrazone groups is 1. The summed E-state index contributed by atoms with van der Waals surface area (Å²) in [4.78, 5) is 11.2. The largest absolute Gasteiger partial charge is 0.369 e. The van der Waals surface area contributed by atoms with Gasteiger partial charge >= 0.3 is 0 Å². The average molecular weight is 208 g/mol. The van der Waals surface area contributed by atoms with E-state index >= 15 is 0 Å². The van der Waals surface area contributed by atoms with Gasteiger partial charge in [0.1, 0.15) is 0 Å². The van der Waals surface area contributed by atoms with Gasteiger partial charge in [0, 0.05) is 12.5 Å². The summed E-state index contributed by atoms with van der Waals surface area (Å²) in [6.07, 6.45) is 0.427. The zero-order valence-electron chi connectivity index (χ0n) is 7.36. The fourth-order valence-corrected chi connectivity index (χ4v) is 1.00. The number of guanidine groups is 1. The van der Waals surface area contributed by atoms with Gasteiger partial charge in [-0.2, -0.15) is 0 Å². The lowest BCUT2D eigenvalue weighted by Crippen LogP contribution is -2.48. The van der Waals surface area contributed by atoms with Crippen LogP contribution in [0.1, 0.15) is 13.3 Å². The lowest BCUT2D eigenvalue weighted by Gasteiger charge is -2.26. The van der Waals surface area contributed by atoms with Crippen LogP contribution >= 0.6 is 12.4 Å². The molecular weight excluding hydrogens is 194 g/mol. The fraction of sp³-hybridized carbons (Fsp3) is 0.667. The molecule has 0 spiro atoms. The first kappa shape index (κ1) is 12.0. The molecule has 1 unspecified atom stereocenters. The molecule has 6 nitrogen and oxygen atoms in total. The van der Waals surface area contributed by atoms with Crippen molar-refractivity contribution in [3.05, 3.63) is 0 Å². The number of nitrogens with two attached hydrogens (primary N) is 2. The van der Waals surface area contributed by atoms with Gasteiger partial charge in [-0.1, -0.05) is 0 Å². The molecule has 76 valence electrons. The highest BCUT2D eigenvalue weighted by Crippen LogP contribution is 2.04. The molecular formula is C6H14ClN5O. The van der Waals surface area contributed by atoms with Crippen LogP contribution in [0, 0.1) is 0 Å². The molecule has 0 bridgehead atoms. The number of carbonyl (C=O) groups excluding carboxylic acids is 1. The van der Waals surface area contributed by atoms with Gasteiger partial charge < -0.3 is 11.5 Å². The van der Waals surface area contributed by atoms with Crippen LogP contribution < -0.4 is 16.8 Å². The second-order valence-corrected chi connectivity index (χ2v) is 2.79. The van der Waals surface area contributed by atoms with Crippen molar-refractivity contribution in [1.82, 2.24) is 10.3 Å². The molecule has 1 atom stereocenters. The number of nitrogens with one attached hydrogen (secondary N) is 1. The number of rotatable bonds is 1. The molecule has 0 aromatic rings. The molecule has 1 heterocycles. The second kappa shape index (κ2) is 4.88. The summed E-state index contributed by atoms with van der Waals surface area (Å²) in [5, 5.41) is 7.93. The first-order chi connectivity index (χ1) is 5.59. The second-order valence-electron chi connectivity index (χ2n) is 2.79. The van der Waals surface area contributed by atoms with Crippen molar-refractivity contribution >= 4 is 24.3 Å². The number of halogens is 1. The van der Waals surface area contributed by atoms with Crippen molar-refractivity contribution in [2.75, 3.05) is 6.67 Å². The zero-order valence-corrected chi connectivity index (χ0v) is 8.17. The molecule has 1 rings (SSSR count). The van der Waals surface area contributed by atoms with Crippen molar-refractivity contribution in [1.29, 1.82) is 0 Å². The Labute approximate surface area is 82.7 Å². The Morgan fingerprint density at radius 1 is 1.69 bits per heavy atom. The van der Waals surface area contributed by atoms with Gasteiger partial charge in [-0.05, 0) is 6.92 Å². The molecule has 0 saturated carbocycles. The molecule has 1 fully saturated rings. The molecule has 1 aliphatic heterocycles. The quantitative estimate of drug-likeness (QED) is 0.370. The molecule has 1 saturated heterocycles. The maximum Gasteiger partial charge on any atom is 0.245 e. The van der Waals surface area contributed by atoms with E-state index in [0.717, 1.165) is 0 Å². The summed E-state index contributed by atoms with van der Waals surface area (Å²) < 4.78 is 0. The van der Waals surface area contributed by atoms with E-state index in [0.29, 0.717) is 13.1 Å². The summed E-state index contributed by atoms with van der Waals surface area (Å²) in [5.41, 5.74) is 10.3. The van der Waals surface area contributed by atoms with Crippen LogP contribution in [0.15, 0.2) is 5.10 Å². The van der Waals surface area contributed by atoms with Crippen LogP contribution in [0.25, 0.3) is 0 Å². The number of amides is 1. The van der Waals surface area contributed by atoms with Gasteiger partial charge in [-0.25, -0.2) is 5.01 Å². The van der Waals surface area contributed by atoms with Gasteiger partial charge in [0.05, 0.1) is 6.67 Å². The molecule has 13 heavy (non-hydrogen) atoms. The highest BCUT2D eigenvalue weighted by molar-refractivity contribution is 5.85. The summed E-state index contributed by atoms with van der Waals surface area (Å²) in [7, 11) is 0. The van der Waals surface area contributed by atoms with E-state index in [1.54, 1.807) is 0 Å². The van der Waals surface area contributed by atoms with Crippen molar-refractivity contribution in [2.24, 2.45) is 16.6 Å². The summed E-state index contributed by atoms with van der Waals surface area (Å²) in [6.45, 7) is 2.31. The summed E-state index contributed by atoms with van der Waals surface area (Å²) in [5.74, 6) is -0.158. The zero-order chi connectivity index (χ0) is 9.14. The van der Waals surface area contributed by atoms with Crippen molar-refractivity contribution in [3.8, 4) is 0 Å². The van der Waals surface area contributed by atoms with E-state index in [1.807, 2.05) is 6.92 Å². The third-order valence-corrected chi connectivity index (χ3v) is 1.59. The van der Waals surface area contributed by atoms with Gasteiger partial charge in [-0.3, -0.25) is 10.1 Å². The molecule has 7 heteroatoms. The van der Waals surface area contributed by atoms with E-state index in [2.05, 4.69) is 10.4 Å². The van der Waals surface area contributed by atoms with Crippen molar-refractivity contribution < 1.29 is 4.79 Å².